The van der Waals surface area contributed by atoms with E-state index < -0.39 is 0 Å². The fourth-order valence-corrected chi connectivity index (χ4v) is 9.61. The highest BCUT2D eigenvalue weighted by Crippen LogP contribution is 2.53. The van der Waals surface area contributed by atoms with Crippen LogP contribution in [0.1, 0.15) is 108 Å². The summed E-state index contributed by atoms with van der Waals surface area (Å²) < 4.78 is 15.3. The molecule has 2 spiro atoms. The van der Waals surface area contributed by atoms with E-state index in [9.17, 15) is 4.79 Å². The predicted molar refractivity (Wildman–Crippen MR) is 192 cm³/mol. The highest BCUT2D eigenvalue weighted by atomic mass is 32.1. The third kappa shape index (κ3) is 5.60. The number of morpholine rings is 1. The van der Waals surface area contributed by atoms with Crippen molar-refractivity contribution in [1.82, 2.24) is 30.3 Å². The molecule has 1 N–H and O–H groups in total. The number of rotatable bonds is 6. The first-order valence-corrected chi connectivity index (χ1v) is 19.1. The number of anilines is 1. The molecule has 2 atom stereocenters. The molecule has 9 rings (SSSR count). The van der Waals surface area contributed by atoms with Gasteiger partial charge in [0.05, 0.1) is 17.9 Å². The average molecular weight is 693 g/mol. The number of hydrogen-bond acceptors (Lipinski definition) is 10. The highest BCUT2D eigenvalue weighted by molar-refractivity contribution is 7.15. The zero-order valence-corrected chi connectivity index (χ0v) is 29.9. The van der Waals surface area contributed by atoms with E-state index in [4.69, 9.17) is 14.5 Å². The van der Waals surface area contributed by atoms with E-state index in [1.165, 1.54) is 40.3 Å². The number of aromatic nitrogens is 5. The molecular weight excluding hydrogens is 649 g/mol. The Morgan fingerprint density at radius 1 is 0.960 bits per heavy atom. The van der Waals surface area contributed by atoms with Gasteiger partial charge >= 0.3 is 0 Å². The lowest BCUT2D eigenvalue weighted by atomic mass is 9.95. The number of benzene rings is 1. The summed E-state index contributed by atoms with van der Waals surface area (Å²) >= 11 is 1.80. The van der Waals surface area contributed by atoms with Crippen LogP contribution in [0.2, 0.25) is 0 Å². The summed E-state index contributed by atoms with van der Waals surface area (Å²) in [4.78, 5) is 21.7. The van der Waals surface area contributed by atoms with Crippen molar-refractivity contribution in [2.24, 2.45) is 4.99 Å². The van der Waals surface area contributed by atoms with Crippen molar-refractivity contribution < 1.29 is 14.3 Å². The van der Waals surface area contributed by atoms with Crippen molar-refractivity contribution in [2.45, 2.75) is 108 Å². The van der Waals surface area contributed by atoms with Crippen molar-refractivity contribution in [3.05, 3.63) is 75.3 Å². The van der Waals surface area contributed by atoms with Gasteiger partial charge in [0.15, 0.2) is 17.3 Å². The van der Waals surface area contributed by atoms with Crippen molar-refractivity contribution >= 4 is 28.8 Å². The van der Waals surface area contributed by atoms with E-state index in [0.717, 1.165) is 92.5 Å². The first-order chi connectivity index (χ1) is 24.3. The van der Waals surface area contributed by atoms with Gasteiger partial charge in [-0.15, -0.1) is 31.7 Å². The fourth-order valence-electron chi connectivity index (χ4n) is 8.40. The van der Waals surface area contributed by atoms with Gasteiger partial charge in [-0.2, -0.15) is 0 Å². The van der Waals surface area contributed by atoms with Crippen LogP contribution < -0.4 is 15.0 Å². The fraction of sp³-hybridized carbons (Fsp3) is 0.526. The van der Waals surface area contributed by atoms with Crippen LogP contribution in [-0.4, -0.2) is 74.0 Å². The molecule has 5 aliphatic rings. The summed E-state index contributed by atoms with van der Waals surface area (Å²) in [7, 11) is 0. The summed E-state index contributed by atoms with van der Waals surface area (Å²) in [5, 5.41) is 22.1. The van der Waals surface area contributed by atoms with Gasteiger partial charge < -0.3 is 19.7 Å². The van der Waals surface area contributed by atoms with Crippen molar-refractivity contribution in [2.75, 3.05) is 24.6 Å². The van der Waals surface area contributed by atoms with Gasteiger partial charge in [-0.05, 0) is 101 Å². The largest absolute Gasteiger partial charge is 0.490 e. The van der Waals surface area contributed by atoms with Crippen LogP contribution in [0, 0.1) is 20.8 Å². The molecule has 3 aliphatic carbocycles. The monoisotopic (exact) mass is 692 g/mol. The minimum Gasteiger partial charge on any atom is -0.490 e. The Bertz CT molecular complexity index is 1960. The second-order valence-electron chi connectivity index (χ2n) is 14.9. The third-order valence-corrected chi connectivity index (χ3v) is 12.6. The van der Waals surface area contributed by atoms with Gasteiger partial charge in [-0.3, -0.25) is 14.4 Å². The molecule has 260 valence electrons. The van der Waals surface area contributed by atoms with Crippen LogP contribution in [0.25, 0.3) is 5.00 Å². The molecule has 5 heterocycles. The number of fused-ring (bicyclic) bond motifs is 4. The number of carbonyl (C=O) groups excluding carboxylic acids is 1. The van der Waals surface area contributed by atoms with Crippen molar-refractivity contribution in [1.29, 1.82) is 0 Å². The van der Waals surface area contributed by atoms with Crippen LogP contribution in [0.15, 0.2) is 41.4 Å². The lowest BCUT2D eigenvalue weighted by Crippen LogP contribution is -2.51. The maximum Gasteiger partial charge on any atom is 0.272 e. The molecule has 1 amide bonds. The second-order valence-corrected chi connectivity index (χ2v) is 16.1. The Morgan fingerprint density at radius 3 is 2.54 bits per heavy atom. The quantitative estimate of drug-likeness (QED) is 0.256. The number of carbonyl (C=O) groups is 1. The first kappa shape index (κ1) is 31.8. The van der Waals surface area contributed by atoms with Crippen LogP contribution in [0.3, 0.4) is 0 Å². The van der Waals surface area contributed by atoms with Crippen LogP contribution in [0.5, 0.6) is 5.75 Å². The molecule has 3 aromatic heterocycles. The Labute approximate surface area is 296 Å². The van der Waals surface area contributed by atoms with E-state index in [0.29, 0.717) is 12.3 Å². The number of ether oxygens (including phenoxy) is 2. The number of aryl methyl sites for hydroxylation is 2. The molecule has 50 heavy (non-hydrogen) atoms. The molecule has 0 radical (unpaired) electrons. The number of hydrogen-bond donors (Lipinski definition) is 1. The number of amides is 1. The summed E-state index contributed by atoms with van der Waals surface area (Å²) in [6.07, 6.45) is 10.4. The molecule has 4 fully saturated rings. The maximum absolute atomic E-state index is 12.8. The number of nitrogens with zero attached hydrogens (tertiary/aromatic N) is 7. The molecule has 3 saturated carbocycles. The predicted octanol–water partition coefficient (Wildman–Crippen LogP) is 6.15. The minimum absolute atomic E-state index is 0.0588. The molecule has 4 aromatic rings. The lowest BCUT2D eigenvalue weighted by molar-refractivity contribution is -0.0559. The van der Waals surface area contributed by atoms with Gasteiger partial charge in [0.1, 0.15) is 28.2 Å². The minimum atomic E-state index is -0.298. The van der Waals surface area contributed by atoms with E-state index in [1.54, 1.807) is 17.4 Å². The Morgan fingerprint density at radius 2 is 1.78 bits per heavy atom. The van der Waals surface area contributed by atoms with Crippen LogP contribution in [0.4, 0.5) is 5.82 Å². The summed E-state index contributed by atoms with van der Waals surface area (Å²) in [5.41, 5.74) is 4.36. The summed E-state index contributed by atoms with van der Waals surface area (Å²) in [6.45, 7) is 8.50. The zero-order valence-electron chi connectivity index (χ0n) is 29.1. The van der Waals surface area contributed by atoms with Crippen LogP contribution in [-0.2, 0) is 10.3 Å². The lowest BCUT2D eigenvalue weighted by Gasteiger charge is -2.41. The number of aliphatic imine (C=N–C) groups is 1. The smallest absolute Gasteiger partial charge is 0.272 e. The average Bonchev–Trinajstić information content (AvgIpc) is 3.57. The normalized spacial score (nSPS) is 24.1. The van der Waals surface area contributed by atoms with Crippen LogP contribution >= 0.6 is 11.3 Å². The third-order valence-electron chi connectivity index (χ3n) is 11.4. The molecule has 12 heteroatoms. The molecular formula is C38H44N8O3S. The zero-order chi connectivity index (χ0) is 34.0. The van der Waals surface area contributed by atoms with E-state index in [2.05, 4.69) is 73.3 Å². The Balaban J connectivity index is 0.870. The van der Waals surface area contributed by atoms with E-state index in [1.807, 2.05) is 13.0 Å². The first-order valence-electron chi connectivity index (χ1n) is 18.2. The van der Waals surface area contributed by atoms with Gasteiger partial charge in [0.2, 0.25) is 0 Å². The number of thiophene rings is 1. The van der Waals surface area contributed by atoms with E-state index >= 15 is 0 Å². The molecule has 0 bridgehead atoms. The second kappa shape index (κ2) is 12.3. The van der Waals surface area contributed by atoms with E-state index in [-0.39, 0.29) is 29.2 Å². The Hall–Kier alpha value is -4.16. The Kier molecular flexibility index (Phi) is 7.80. The summed E-state index contributed by atoms with van der Waals surface area (Å²) in [6, 6.07) is 12.4. The SMILES string of the molecule is Cc1sc2c(c1C)C(c1ccc(OC3CCC4(C3)CN(c3ccc(C(=O)NC5CCCCC5)nn3)CCO4)cc1)=NC1(CC1)c1nnc(C)n1-2. The molecule has 2 aliphatic heterocycles. The van der Waals surface area contributed by atoms with Gasteiger partial charge in [-0.25, -0.2) is 0 Å². The summed E-state index contributed by atoms with van der Waals surface area (Å²) in [5.74, 6) is 3.39. The maximum atomic E-state index is 12.8. The molecule has 1 aromatic carbocycles. The highest BCUT2D eigenvalue weighted by Gasteiger charge is 2.51. The van der Waals surface area contributed by atoms with Crippen molar-refractivity contribution in [3.63, 3.8) is 0 Å². The van der Waals surface area contributed by atoms with Gasteiger partial charge in [0.25, 0.3) is 5.91 Å². The molecule has 11 nitrogen and oxygen atoms in total. The van der Waals surface area contributed by atoms with Gasteiger partial charge in [-0.1, -0.05) is 19.3 Å². The van der Waals surface area contributed by atoms with Gasteiger partial charge in [0, 0.05) is 41.6 Å². The van der Waals surface area contributed by atoms with Crippen molar-refractivity contribution in [3.8, 4) is 10.8 Å². The molecule has 2 unspecified atom stereocenters. The topological polar surface area (TPSA) is 120 Å². The number of nitrogens with one attached hydrogen (secondary N) is 1. The standard InChI is InChI=1S/C38H44N8O3S/c1-23-24(2)50-35-32(23)33(40-38(17-18-38)36-44-41-25(3)46(35)36)26-9-11-28(12-10-26)49-29-15-16-37(21-29)22-45(19-20-48-37)31-14-13-30(42-43-31)34(47)39-27-7-5-4-6-8-27/h9-14,27,29H,4-8,15-22H2,1-3H3,(H,39,47). The molecule has 1 saturated heterocycles.